The summed E-state index contributed by atoms with van der Waals surface area (Å²) in [5, 5.41) is 0. The van der Waals surface area contributed by atoms with Gasteiger partial charge >= 0.3 is 90.4 Å². The molecule has 0 amide bonds. The Kier molecular flexibility index (Phi) is 3.24. The number of hydrogen-bond acceptors (Lipinski definition) is 0. The molecule has 0 fully saturated rings. The third-order valence-electron chi connectivity index (χ3n) is 2.25. The van der Waals surface area contributed by atoms with Gasteiger partial charge in [0.1, 0.15) is 0 Å². The maximum atomic E-state index is 6.07. The van der Waals surface area contributed by atoms with Gasteiger partial charge in [0.2, 0.25) is 0 Å². The Balaban J connectivity index is 2.08. The molecule has 2 aliphatic carbocycles. The van der Waals surface area contributed by atoms with Crippen molar-refractivity contribution in [3.63, 3.8) is 0 Å². The molecule has 2 aliphatic rings. The van der Waals surface area contributed by atoms with E-state index in [4.69, 9.17) is 11.6 Å². The number of allylic oxidation sites excluding steroid dienone is 8. The second kappa shape index (κ2) is 4.44. The molecule has 0 saturated heterocycles. The van der Waals surface area contributed by atoms with Crippen molar-refractivity contribution in [2.75, 3.05) is 4.27 Å². The summed E-state index contributed by atoms with van der Waals surface area (Å²) in [5.74, 6) is 0. The third-order valence-corrected chi connectivity index (χ3v) is 9.34. The fourth-order valence-corrected chi connectivity index (χ4v) is 7.76. The van der Waals surface area contributed by atoms with Crippen molar-refractivity contribution < 1.29 is 17.3 Å². The van der Waals surface area contributed by atoms with Gasteiger partial charge in [0.15, 0.2) is 0 Å². The van der Waals surface area contributed by atoms with E-state index in [1.165, 1.54) is 0 Å². The van der Waals surface area contributed by atoms with Crippen LogP contribution in [-0.4, -0.2) is 4.27 Å². The molecule has 0 nitrogen and oxygen atoms in total. The van der Waals surface area contributed by atoms with Crippen LogP contribution in [0.2, 0.25) is 8.62 Å². The summed E-state index contributed by atoms with van der Waals surface area (Å²) in [7, 11) is 0. The summed E-state index contributed by atoms with van der Waals surface area (Å²) in [5.41, 5.74) is 0. The first kappa shape index (κ1) is 9.49. The summed E-state index contributed by atoms with van der Waals surface area (Å²) in [6.07, 6.45) is 17.8. The molecule has 0 saturated carbocycles. The van der Waals surface area contributed by atoms with Crippen LogP contribution in [0.25, 0.3) is 0 Å². The molecule has 0 bridgehead atoms. The first-order valence-electron chi connectivity index (χ1n) is 4.36. The zero-order valence-corrected chi connectivity index (χ0v) is 10.0. The van der Waals surface area contributed by atoms with Crippen LogP contribution >= 0.6 is 11.6 Å². The van der Waals surface area contributed by atoms with Crippen molar-refractivity contribution in [1.29, 1.82) is 0 Å². The Labute approximate surface area is 90.2 Å². The number of rotatable bonds is 3. The van der Waals surface area contributed by atoms with Crippen LogP contribution in [0.5, 0.6) is 0 Å². The average Bonchev–Trinajstić information content (AvgIpc) is 2.76. The van der Waals surface area contributed by atoms with Gasteiger partial charge in [-0.1, -0.05) is 0 Å². The average molecular weight is 276 g/mol. The Bertz CT molecular complexity index is 236. The molecule has 2 rings (SSSR count). The second-order valence-corrected chi connectivity index (χ2v) is 9.86. The van der Waals surface area contributed by atoms with E-state index in [2.05, 4.69) is 48.6 Å². The van der Waals surface area contributed by atoms with Gasteiger partial charge in [-0.25, -0.2) is 0 Å². The second-order valence-electron chi connectivity index (χ2n) is 3.05. The van der Waals surface area contributed by atoms with Gasteiger partial charge in [0.05, 0.1) is 0 Å². The minimum absolute atomic E-state index is 0.693. The van der Waals surface area contributed by atoms with Gasteiger partial charge in [-0.2, -0.15) is 0 Å². The number of hydrogen-bond donors (Lipinski definition) is 0. The number of alkyl halides is 1. The molecule has 0 N–H and O–H groups in total. The molecule has 0 radical (unpaired) electrons. The van der Waals surface area contributed by atoms with E-state index in [9.17, 15) is 0 Å². The molecular formula is C11H12ClMo. The first-order valence-corrected chi connectivity index (χ1v) is 8.63. The quantitative estimate of drug-likeness (QED) is 0.545. The molecule has 0 aromatic carbocycles. The van der Waals surface area contributed by atoms with Crippen LogP contribution in [-0.2, 0) is 17.3 Å². The summed E-state index contributed by atoms with van der Waals surface area (Å²) in [6, 6.07) is 0. The summed E-state index contributed by atoms with van der Waals surface area (Å²) < 4.78 is 2.28. The molecular weight excluding hydrogens is 264 g/mol. The zero-order valence-electron chi connectivity index (χ0n) is 7.27. The maximum absolute atomic E-state index is 6.07. The van der Waals surface area contributed by atoms with Gasteiger partial charge in [-0.15, -0.1) is 0 Å². The molecule has 0 spiro atoms. The standard InChI is InChI=1S/2C5H5.CH2Cl.Mo/c2*1-2-4-5-3-1;1-2;/h2*1-5H;1H2;. The van der Waals surface area contributed by atoms with Gasteiger partial charge in [-0.05, 0) is 0 Å². The summed E-state index contributed by atoms with van der Waals surface area (Å²) >= 11 is 4.85. The molecule has 0 aliphatic heterocycles. The molecule has 0 heterocycles. The van der Waals surface area contributed by atoms with E-state index in [0.717, 1.165) is 4.27 Å². The van der Waals surface area contributed by atoms with Crippen LogP contribution < -0.4 is 0 Å². The summed E-state index contributed by atoms with van der Waals surface area (Å²) in [6.45, 7) is 0. The fourth-order valence-electron chi connectivity index (χ4n) is 1.55. The van der Waals surface area contributed by atoms with Crippen molar-refractivity contribution in [2.45, 2.75) is 8.62 Å². The normalized spacial score (nSPS) is 21.4. The van der Waals surface area contributed by atoms with Crippen LogP contribution in [0.15, 0.2) is 48.6 Å². The van der Waals surface area contributed by atoms with E-state index in [-0.39, 0.29) is 0 Å². The third kappa shape index (κ3) is 2.06. The van der Waals surface area contributed by atoms with Crippen molar-refractivity contribution >= 4 is 11.6 Å². The van der Waals surface area contributed by atoms with Crippen molar-refractivity contribution in [3.8, 4) is 0 Å². The van der Waals surface area contributed by atoms with Gasteiger partial charge in [0.25, 0.3) is 0 Å². The van der Waals surface area contributed by atoms with Crippen molar-refractivity contribution in [1.82, 2.24) is 0 Å². The van der Waals surface area contributed by atoms with Gasteiger partial charge < -0.3 is 0 Å². The van der Waals surface area contributed by atoms with Gasteiger partial charge in [-0.3, -0.25) is 0 Å². The number of halogens is 1. The molecule has 69 valence electrons. The summed E-state index contributed by atoms with van der Waals surface area (Å²) in [4.78, 5) is 0. The Morgan fingerprint density at radius 1 is 0.846 bits per heavy atom. The molecule has 0 atom stereocenters. The first-order chi connectivity index (χ1) is 6.42. The van der Waals surface area contributed by atoms with Crippen LogP contribution in [0.1, 0.15) is 0 Å². The fraction of sp³-hybridized carbons (Fsp3) is 0.273. The Hall–Kier alpha value is -0.0617. The van der Waals surface area contributed by atoms with Gasteiger partial charge in [0, 0.05) is 0 Å². The molecule has 0 aromatic heterocycles. The van der Waals surface area contributed by atoms with Crippen LogP contribution in [0.3, 0.4) is 0 Å². The van der Waals surface area contributed by atoms with E-state index in [1.807, 2.05) is 0 Å². The van der Waals surface area contributed by atoms with E-state index in [0.29, 0.717) is 8.62 Å². The zero-order chi connectivity index (χ0) is 9.10. The minimum atomic E-state index is -1.22. The van der Waals surface area contributed by atoms with E-state index in [1.54, 1.807) is 0 Å². The predicted molar refractivity (Wildman–Crippen MR) is 54.8 cm³/mol. The topological polar surface area (TPSA) is 0 Å². The van der Waals surface area contributed by atoms with Crippen LogP contribution in [0.4, 0.5) is 0 Å². The predicted octanol–water partition coefficient (Wildman–Crippen LogP) is 3.63. The Morgan fingerprint density at radius 3 is 1.54 bits per heavy atom. The molecule has 0 aromatic rings. The SMILES string of the molecule is Cl[CH2][Mo]([CH]1C=CC=C1)[CH]1C=CC=C1. The molecule has 2 heteroatoms. The van der Waals surface area contributed by atoms with E-state index < -0.39 is 17.3 Å². The van der Waals surface area contributed by atoms with E-state index >= 15 is 0 Å². The molecule has 13 heavy (non-hydrogen) atoms. The van der Waals surface area contributed by atoms with Crippen molar-refractivity contribution in [3.05, 3.63) is 48.6 Å². The van der Waals surface area contributed by atoms with Crippen molar-refractivity contribution in [2.24, 2.45) is 0 Å². The van der Waals surface area contributed by atoms with Crippen LogP contribution in [0, 0.1) is 0 Å². The molecule has 0 unspecified atom stereocenters. The Morgan fingerprint density at radius 2 is 1.23 bits per heavy atom. The monoisotopic (exact) mass is 277 g/mol.